The summed E-state index contributed by atoms with van der Waals surface area (Å²) in [6.07, 6.45) is 9.23. The molecule has 0 rings (SSSR count). The lowest BCUT2D eigenvalue weighted by Gasteiger charge is -2.10. The van der Waals surface area contributed by atoms with Crippen molar-refractivity contribution in [3.8, 4) is 0 Å². The minimum absolute atomic E-state index is 0.394. The van der Waals surface area contributed by atoms with Crippen LogP contribution in [0.15, 0.2) is 36.5 Å². The fourth-order valence-electron chi connectivity index (χ4n) is 0.901. The average Bonchev–Trinajstić information content (AvgIpc) is 2.11. The highest BCUT2D eigenvalue weighted by Crippen LogP contribution is 2.04. The summed E-state index contributed by atoms with van der Waals surface area (Å²) >= 11 is 0. The molecular weight excluding hydrogens is 146 g/mol. The smallest absolute Gasteiger partial charge is 0.0288 e. The Morgan fingerprint density at radius 2 is 2.25 bits per heavy atom. The second-order valence-corrected chi connectivity index (χ2v) is 2.72. The Balaban J connectivity index is 4.33. The van der Waals surface area contributed by atoms with Gasteiger partial charge in [-0.05, 0) is 26.0 Å². The van der Waals surface area contributed by atoms with Gasteiger partial charge in [0.1, 0.15) is 0 Å². The van der Waals surface area contributed by atoms with Gasteiger partial charge in [0.05, 0.1) is 0 Å². The lowest BCUT2D eigenvalue weighted by molar-refractivity contribution is 0.705. The van der Waals surface area contributed by atoms with Gasteiger partial charge in [0, 0.05) is 6.04 Å². The van der Waals surface area contributed by atoms with Crippen molar-refractivity contribution in [2.75, 3.05) is 7.05 Å². The van der Waals surface area contributed by atoms with Crippen LogP contribution in [0.5, 0.6) is 0 Å². The summed E-state index contributed by atoms with van der Waals surface area (Å²) in [4.78, 5) is 0. The van der Waals surface area contributed by atoms with E-state index < -0.39 is 0 Å². The van der Waals surface area contributed by atoms with Crippen LogP contribution in [0.2, 0.25) is 0 Å². The maximum atomic E-state index is 3.69. The number of hydrogen-bond acceptors (Lipinski definition) is 1. The van der Waals surface area contributed by atoms with Gasteiger partial charge < -0.3 is 5.32 Å². The summed E-state index contributed by atoms with van der Waals surface area (Å²) in [7, 11) is 1.96. The van der Waals surface area contributed by atoms with Gasteiger partial charge in [-0.15, -0.1) is 0 Å². The molecule has 0 aromatic carbocycles. The molecule has 0 aromatic heterocycles. The van der Waals surface area contributed by atoms with Crippen molar-refractivity contribution >= 4 is 0 Å². The highest BCUT2D eigenvalue weighted by Gasteiger charge is 1.99. The van der Waals surface area contributed by atoms with E-state index in [0.29, 0.717) is 6.04 Å². The molecule has 1 unspecified atom stereocenters. The molecule has 0 aliphatic heterocycles. The van der Waals surface area contributed by atoms with Gasteiger partial charge >= 0.3 is 0 Å². The van der Waals surface area contributed by atoms with Crippen LogP contribution in [0.1, 0.15) is 20.3 Å². The van der Waals surface area contributed by atoms with Gasteiger partial charge in [-0.1, -0.05) is 37.8 Å². The number of allylic oxidation sites excluding steroid dienone is 3. The van der Waals surface area contributed by atoms with Crippen molar-refractivity contribution < 1.29 is 0 Å². The lowest BCUT2D eigenvalue weighted by Crippen LogP contribution is -2.22. The van der Waals surface area contributed by atoms with E-state index in [2.05, 4.69) is 37.9 Å². The van der Waals surface area contributed by atoms with Gasteiger partial charge in [-0.2, -0.15) is 0 Å². The number of hydrogen-bond donors (Lipinski definition) is 1. The third kappa shape index (κ3) is 4.14. The Morgan fingerprint density at radius 1 is 1.58 bits per heavy atom. The highest BCUT2D eigenvalue weighted by molar-refractivity contribution is 5.27. The first-order valence-electron chi connectivity index (χ1n) is 4.42. The van der Waals surface area contributed by atoms with Crippen molar-refractivity contribution in [2.24, 2.45) is 0 Å². The maximum absolute atomic E-state index is 3.69. The molecule has 1 N–H and O–H groups in total. The molecule has 0 aromatic rings. The van der Waals surface area contributed by atoms with Crippen LogP contribution in [0.3, 0.4) is 0 Å². The quantitative estimate of drug-likeness (QED) is 0.618. The highest BCUT2D eigenvalue weighted by atomic mass is 14.9. The molecule has 0 radical (unpaired) electrons. The molecule has 12 heavy (non-hydrogen) atoms. The van der Waals surface area contributed by atoms with Crippen LogP contribution in [-0.4, -0.2) is 13.1 Å². The van der Waals surface area contributed by atoms with E-state index in [0.717, 1.165) is 6.42 Å². The summed E-state index contributed by atoms with van der Waals surface area (Å²) in [6.45, 7) is 7.95. The van der Waals surface area contributed by atoms with Gasteiger partial charge in [-0.25, -0.2) is 0 Å². The molecule has 1 nitrogen and oxygen atoms in total. The summed E-state index contributed by atoms with van der Waals surface area (Å²) in [5.41, 5.74) is 1.27. The Labute approximate surface area is 75.9 Å². The summed E-state index contributed by atoms with van der Waals surface area (Å²) in [6, 6.07) is 0.394. The summed E-state index contributed by atoms with van der Waals surface area (Å²) < 4.78 is 0. The van der Waals surface area contributed by atoms with E-state index in [1.54, 1.807) is 0 Å². The Hall–Kier alpha value is -0.820. The van der Waals surface area contributed by atoms with E-state index >= 15 is 0 Å². The van der Waals surface area contributed by atoms with Crippen LogP contribution in [0.25, 0.3) is 0 Å². The molecule has 0 spiro atoms. The fourth-order valence-corrected chi connectivity index (χ4v) is 0.901. The molecule has 1 atom stereocenters. The van der Waals surface area contributed by atoms with Gasteiger partial charge in [0.25, 0.3) is 0 Å². The SMILES string of the molecule is C=C/C=C(\C=C/CC)C(C)NC. The Kier molecular flexibility index (Phi) is 6.39. The van der Waals surface area contributed by atoms with Gasteiger partial charge in [0.15, 0.2) is 0 Å². The van der Waals surface area contributed by atoms with Gasteiger partial charge in [-0.3, -0.25) is 0 Å². The molecule has 0 saturated heterocycles. The molecule has 0 amide bonds. The second-order valence-electron chi connectivity index (χ2n) is 2.72. The number of likely N-dealkylation sites (N-methyl/N-ethyl adjacent to an activating group) is 1. The Morgan fingerprint density at radius 3 is 2.67 bits per heavy atom. The minimum Gasteiger partial charge on any atom is -0.313 e. The predicted octanol–water partition coefficient (Wildman–Crippen LogP) is 2.67. The maximum Gasteiger partial charge on any atom is 0.0288 e. The molecule has 0 fully saturated rings. The monoisotopic (exact) mass is 165 g/mol. The molecule has 0 aliphatic carbocycles. The fraction of sp³-hybridized carbons (Fsp3) is 0.455. The predicted molar refractivity (Wildman–Crippen MR) is 56.2 cm³/mol. The third-order valence-corrected chi connectivity index (χ3v) is 1.79. The first-order valence-corrected chi connectivity index (χ1v) is 4.42. The molecule has 0 bridgehead atoms. The molecular formula is C11H19N. The summed E-state index contributed by atoms with van der Waals surface area (Å²) in [5.74, 6) is 0. The Bertz CT molecular complexity index is 177. The van der Waals surface area contributed by atoms with Crippen molar-refractivity contribution in [3.63, 3.8) is 0 Å². The molecule has 0 heterocycles. The van der Waals surface area contributed by atoms with Crippen LogP contribution < -0.4 is 5.32 Å². The van der Waals surface area contributed by atoms with Crippen LogP contribution in [0.4, 0.5) is 0 Å². The van der Waals surface area contributed by atoms with Crippen molar-refractivity contribution in [1.29, 1.82) is 0 Å². The normalized spacial score (nSPS) is 15.1. The minimum atomic E-state index is 0.394. The zero-order valence-electron chi connectivity index (χ0n) is 8.30. The van der Waals surface area contributed by atoms with E-state index in [9.17, 15) is 0 Å². The van der Waals surface area contributed by atoms with Crippen LogP contribution >= 0.6 is 0 Å². The first-order chi connectivity index (χ1) is 5.76. The van der Waals surface area contributed by atoms with E-state index in [1.165, 1.54) is 5.57 Å². The van der Waals surface area contributed by atoms with E-state index in [1.807, 2.05) is 19.2 Å². The second kappa shape index (κ2) is 6.86. The number of rotatable bonds is 5. The van der Waals surface area contributed by atoms with Gasteiger partial charge in [0.2, 0.25) is 0 Å². The standard InChI is InChI=1S/C11H19N/c1-5-7-9-11(8-6-2)10(3)12-4/h6-10,12H,2,5H2,1,3-4H3/b9-7-,11-8+. The van der Waals surface area contributed by atoms with E-state index in [4.69, 9.17) is 0 Å². The van der Waals surface area contributed by atoms with Crippen molar-refractivity contribution in [3.05, 3.63) is 36.5 Å². The molecule has 1 heteroatoms. The van der Waals surface area contributed by atoms with Crippen LogP contribution in [-0.2, 0) is 0 Å². The van der Waals surface area contributed by atoms with E-state index in [-0.39, 0.29) is 0 Å². The lowest BCUT2D eigenvalue weighted by atomic mass is 10.1. The number of nitrogens with one attached hydrogen (secondary N) is 1. The zero-order chi connectivity index (χ0) is 9.40. The largest absolute Gasteiger partial charge is 0.313 e. The molecule has 68 valence electrons. The summed E-state index contributed by atoms with van der Waals surface area (Å²) in [5, 5.41) is 3.19. The molecule has 0 saturated carbocycles. The zero-order valence-corrected chi connectivity index (χ0v) is 8.30. The topological polar surface area (TPSA) is 12.0 Å². The van der Waals surface area contributed by atoms with Crippen molar-refractivity contribution in [2.45, 2.75) is 26.3 Å². The van der Waals surface area contributed by atoms with Crippen molar-refractivity contribution in [1.82, 2.24) is 5.32 Å². The third-order valence-electron chi connectivity index (χ3n) is 1.79. The molecule has 0 aliphatic rings. The van der Waals surface area contributed by atoms with Crippen LogP contribution in [0, 0.1) is 0 Å². The first kappa shape index (κ1) is 11.2. The average molecular weight is 165 g/mol.